The molecule has 6 nitrogen and oxygen atoms in total. The number of benzene rings is 1. The van der Waals surface area contributed by atoms with E-state index in [2.05, 4.69) is 4.98 Å². The summed E-state index contributed by atoms with van der Waals surface area (Å²) < 4.78 is 7.26. The van der Waals surface area contributed by atoms with Crippen molar-refractivity contribution in [1.82, 2.24) is 14.5 Å². The van der Waals surface area contributed by atoms with Crippen molar-refractivity contribution in [1.29, 1.82) is 0 Å². The van der Waals surface area contributed by atoms with Crippen molar-refractivity contribution in [3.05, 3.63) is 59.7 Å². The summed E-state index contributed by atoms with van der Waals surface area (Å²) in [6.07, 6.45) is 3.24. The molecule has 1 aromatic heterocycles. The van der Waals surface area contributed by atoms with Crippen LogP contribution in [0, 0.1) is 0 Å². The van der Waals surface area contributed by atoms with Crippen molar-refractivity contribution in [3.8, 4) is 0 Å². The largest absolute Gasteiger partial charge is 0.443 e. The maximum absolute atomic E-state index is 13.0. The van der Waals surface area contributed by atoms with E-state index in [4.69, 9.17) is 4.74 Å². The molecule has 0 spiro atoms. The van der Waals surface area contributed by atoms with Crippen LogP contribution in [0.15, 0.2) is 48.4 Å². The van der Waals surface area contributed by atoms with Gasteiger partial charge in [-0.1, -0.05) is 30.3 Å². The van der Waals surface area contributed by atoms with E-state index in [0.717, 1.165) is 16.8 Å². The molecule has 1 aliphatic rings. The molecular formula is C20H23N3O3. The van der Waals surface area contributed by atoms with Crippen LogP contribution in [0.4, 0.5) is 4.79 Å². The second-order valence-electron chi connectivity index (χ2n) is 7.38. The van der Waals surface area contributed by atoms with E-state index in [9.17, 15) is 9.59 Å². The molecule has 1 aliphatic heterocycles. The van der Waals surface area contributed by atoms with Crippen LogP contribution in [-0.2, 0) is 23.0 Å². The number of aromatic nitrogens is 2. The average Bonchev–Trinajstić information content (AvgIpc) is 3.11. The minimum atomic E-state index is -0.660. The summed E-state index contributed by atoms with van der Waals surface area (Å²) in [4.78, 5) is 30.8. The Morgan fingerprint density at radius 1 is 1.23 bits per heavy atom. The molecule has 0 N–H and O–H groups in total. The van der Waals surface area contributed by atoms with Gasteiger partial charge in [0, 0.05) is 24.6 Å². The lowest BCUT2D eigenvalue weighted by molar-refractivity contribution is -0.124. The van der Waals surface area contributed by atoms with Gasteiger partial charge in [0.1, 0.15) is 5.60 Å². The van der Waals surface area contributed by atoms with Gasteiger partial charge in [0.05, 0.1) is 24.8 Å². The maximum Gasteiger partial charge on any atom is 0.417 e. The molecule has 3 rings (SSSR count). The van der Waals surface area contributed by atoms with Crippen LogP contribution in [0.3, 0.4) is 0 Å². The van der Waals surface area contributed by atoms with Crippen molar-refractivity contribution in [3.63, 3.8) is 0 Å². The molecule has 0 saturated carbocycles. The number of hydrogen-bond donors (Lipinski definition) is 0. The lowest BCUT2D eigenvalue weighted by Crippen LogP contribution is -2.38. The number of carbonyl (C=O) groups excluding carboxylic acids is 2. The molecule has 0 fully saturated rings. The van der Waals surface area contributed by atoms with Crippen LogP contribution in [0.25, 0.3) is 5.57 Å². The zero-order valence-corrected chi connectivity index (χ0v) is 15.5. The van der Waals surface area contributed by atoms with Gasteiger partial charge in [-0.25, -0.2) is 14.7 Å². The third kappa shape index (κ3) is 3.69. The fourth-order valence-electron chi connectivity index (χ4n) is 2.95. The summed E-state index contributed by atoms with van der Waals surface area (Å²) in [6, 6.07) is 9.74. The Hall–Kier alpha value is -2.89. The molecule has 26 heavy (non-hydrogen) atoms. The number of rotatable bonds is 3. The predicted molar refractivity (Wildman–Crippen MR) is 98.2 cm³/mol. The minimum Gasteiger partial charge on any atom is -0.443 e. The van der Waals surface area contributed by atoms with Crippen molar-refractivity contribution >= 4 is 17.6 Å². The maximum atomic E-state index is 13.0. The third-order valence-corrected chi connectivity index (χ3v) is 4.15. The van der Waals surface area contributed by atoms with Crippen LogP contribution >= 0.6 is 0 Å². The minimum absolute atomic E-state index is 0.190. The molecule has 0 aliphatic carbocycles. The van der Waals surface area contributed by atoms with Crippen molar-refractivity contribution < 1.29 is 14.3 Å². The van der Waals surface area contributed by atoms with Gasteiger partial charge in [0.2, 0.25) is 0 Å². The quantitative estimate of drug-likeness (QED) is 0.850. The normalized spacial score (nSPS) is 14.9. The molecule has 6 heteroatoms. The van der Waals surface area contributed by atoms with Crippen LogP contribution < -0.4 is 0 Å². The highest BCUT2D eigenvalue weighted by Crippen LogP contribution is 2.31. The molecule has 0 saturated heterocycles. The van der Waals surface area contributed by atoms with E-state index in [1.54, 1.807) is 33.3 Å². The number of imidazole rings is 1. The topological polar surface area (TPSA) is 64.4 Å². The van der Waals surface area contributed by atoms with E-state index in [0.29, 0.717) is 12.0 Å². The predicted octanol–water partition coefficient (Wildman–Crippen LogP) is 3.19. The Labute approximate surface area is 153 Å². The van der Waals surface area contributed by atoms with Gasteiger partial charge in [-0.05, 0) is 26.3 Å². The Kier molecular flexibility index (Phi) is 4.68. The Bertz CT molecular complexity index is 860. The van der Waals surface area contributed by atoms with Crippen LogP contribution in [0.2, 0.25) is 0 Å². The number of ether oxygens (including phenoxy) is 1. The monoisotopic (exact) mass is 353 g/mol. The number of aryl methyl sites for hydroxylation is 1. The number of imide groups is 1. The molecule has 136 valence electrons. The average molecular weight is 353 g/mol. The van der Waals surface area contributed by atoms with E-state index >= 15 is 0 Å². The summed E-state index contributed by atoms with van der Waals surface area (Å²) in [6.45, 7) is 5.54. The Balaban J connectivity index is 1.95. The summed E-state index contributed by atoms with van der Waals surface area (Å²) >= 11 is 0. The Morgan fingerprint density at radius 3 is 2.50 bits per heavy atom. The molecule has 0 bridgehead atoms. The lowest BCUT2D eigenvalue weighted by Gasteiger charge is -2.23. The van der Waals surface area contributed by atoms with Gasteiger partial charge in [0.25, 0.3) is 5.91 Å². The summed E-state index contributed by atoms with van der Waals surface area (Å²) in [5.74, 6) is -0.306. The first kappa shape index (κ1) is 17.9. The highest BCUT2D eigenvalue weighted by atomic mass is 16.6. The Morgan fingerprint density at radius 2 is 1.92 bits per heavy atom. The fourth-order valence-corrected chi connectivity index (χ4v) is 2.95. The standard InChI is InChI=1S/C20H23N3O3/c1-20(2,3)26-19(25)23-12-16(17-11-21-13-22(17)4)15(18(23)24)10-14-8-6-5-7-9-14/h5-9,11,13H,10,12H2,1-4H3. The van der Waals surface area contributed by atoms with Gasteiger partial charge in [-0.3, -0.25) is 4.79 Å². The summed E-state index contributed by atoms with van der Waals surface area (Å²) in [7, 11) is 1.87. The van der Waals surface area contributed by atoms with Crippen LogP contribution in [0.5, 0.6) is 0 Å². The zero-order valence-electron chi connectivity index (χ0n) is 15.5. The van der Waals surface area contributed by atoms with Crippen molar-refractivity contribution in [2.24, 2.45) is 7.05 Å². The van der Waals surface area contributed by atoms with Gasteiger partial charge in [-0.2, -0.15) is 0 Å². The van der Waals surface area contributed by atoms with Crippen molar-refractivity contribution in [2.75, 3.05) is 6.54 Å². The van der Waals surface area contributed by atoms with Crippen LogP contribution in [0.1, 0.15) is 32.0 Å². The van der Waals surface area contributed by atoms with Gasteiger partial charge in [-0.15, -0.1) is 0 Å². The summed E-state index contributed by atoms with van der Waals surface area (Å²) in [5, 5.41) is 0. The molecule has 0 unspecified atom stereocenters. The molecule has 2 amide bonds. The number of nitrogens with zero attached hydrogens (tertiary/aromatic N) is 3. The molecule has 0 radical (unpaired) electrons. The zero-order chi connectivity index (χ0) is 18.9. The van der Waals surface area contributed by atoms with E-state index in [1.807, 2.05) is 41.9 Å². The van der Waals surface area contributed by atoms with Gasteiger partial charge >= 0.3 is 6.09 Å². The van der Waals surface area contributed by atoms with Gasteiger partial charge in [0.15, 0.2) is 0 Å². The smallest absolute Gasteiger partial charge is 0.417 e. The lowest BCUT2D eigenvalue weighted by atomic mass is 10.0. The van der Waals surface area contributed by atoms with Gasteiger partial charge < -0.3 is 9.30 Å². The summed E-state index contributed by atoms with van der Waals surface area (Å²) in [5.41, 5.74) is 2.60. The number of amides is 2. The first-order chi connectivity index (χ1) is 12.3. The molecule has 1 aromatic carbocycles. The number of carbonyl (C=O) groups is 2. The molecular weight excluding hydrogens is 330 g/mol. The molecule has 2 aromatic rings. The molecule has 2 heterocycles. The number of hydrogen-bond acceptors (Lipinski definition) is 4. The second kappa shape index (κ2) is 6.78. The molecule has 0 atom stereocenters. The van der Waals surface area contributed by atoms with Crippen molar-refractivity contribution in [2.45, 2.75) is 32.8 Å². The van der Waals surface area contributed by atoms with E-state index in [1.165, 1.54) is 4.90 Å². The first-order valence-electron chi connectivity index (χ1n) is 8.54. The first-order valence-corrected chi connectivity index (χ1v) is 8.54. The van der Waals surface area contributed by atoms with E-state index < -0.39 is 11.7 Å². The fraction of sp³-hybridized carbons (Fsp3) is 0.350. The third-order valence-electron chi connectivity index (χ3n) is 4.15. The second-order valence-corrected chi connectivity index (χ2v) is 7.38. The van der Waals surface area contributed by atoms with E-state index in [-0.39, 0.29) is 12.5 Å². The highest BCUT2D eigenvalue weighted by Gasteiger charge is 2.38. The van der Waals surface area contributed by atoms with Crippen LogP contribution in [-0.4, -0.2) is 38.6 Å². The SMILES string of the molecule is Cn1cncc1C1=C(Cc2ccccc2)C(=O)N(C(=O)OC(C)(C)C)C1. The highest BCUT2D eigenvalue weighted by molar-refractivity contribution is 6.12.